The molecule has 0 aliphatic heterocycles. The molecular formula is C5H8O2. The van der Waals surface area contributed by atoms with Crippen LogP contribution in [0.4, 0.5) is 0 Å². The number of terminal acetylenes is 1. The van der Waals surface area contributed by atoms with E-state index in [2.05, 4.69) is 0 Å². The Kier molecular flexibility index (Phi) is 1.82. The summed E-state index contributed by atoms with van der Waals surface area (Å²) in [7, 11) is 0. The van der Waals surface area contributed by atoms with Gasteiger partial charge in [0.2, 0.25) is 0 Å². The lowest BCUT2D eigenvalue weighted by Crippen LogP contribution is -2.25. The minimum absolute atomic E-state index is 0.385. The smallest absolute Gasteiger partial charge is 0.145 e. The second-order valence-corrected chi connectivity index (χ2v) is 1.58. The molecule has 0 unspecified atom stereocenters. The second-order valence-electron chi connectivity index (χ2n) is 1.58. The minimum atomic E-state index is -1.33. The van der Waals surface area contributed by atoms with Crippen molar-refractivity contribution < 1.29 is 10.2 Å². The average Bonchev–Trinajstić information content (AvgIpc) is 1.68. The van der Waals surface area contributed by atoms with Crippen molar-refractivity contribution in [2.45, 2.75) is 12.5 Å². The van der Waals surface area contributed by atoms with Crippen molar-refractivity contribution in [1.29, 1.82) is 0 Å². The van der Waals surface area contributed by atoms with Crippen LogP contribution >= 0.6 is 0 Å². The topological polar surface area (TPSA) is 40.5 Å². The molecule has 0 rings (SSSR count). The molecule has 0 heterocycles. The summed E-state index contributed by atoms with van der Waals surface area (Å²) in [6.45, 7) is 0.983. The molecular weight excluding hydrogens is 92.1 g/mol. The zero-order valence-electron chi connectivity index (χ0n) is 4.18. The molecule has 1 atom stereocenters. The van der Waals surface area contributed by atoms with Gasteiger partial charge in [-0.3, -0.25) is 0 Å². The van der Waals surface area contributed by atoms with E-state index in [4.69, 9.17) is 16.6 Å². The highest BCUT2D eigenvalue weighted by molar-refractivity contribution is 5.03. The first kappa shape index (κ1) is 6.48. The van der Waals surface area contributed by atoms with E-state index in [0.717, 1.165) is 0 Å². The Morgan fingerprint density at radius 1 is 1.86 bits per heavy atom. The van der Waals surface area contributed by atoms with E-state index < -0.39 is 5.60 Å². The number of rotatable bonds is 1. The lowest BCUT2D eigenvalue weighted by atomic mass is 10.1. The maximum absolute atomic E-state index is 8.65. The maximum atomic E-state index is 8.65. The van der Waals surface area contributed by atoms with E-state index in [1.165, 1.54) is 6.92 Å². The van der Waals surface area contributed by atoms with Gasteiger partial charge in [0.05, 0.1) is 6.61 Å². The summed E-state index contributed by atoms with van der Waals surface area (Å²) < 4.78 is 0. The van der Waals surface area contributed by atoms with E-state index in [0.29, 0.717) is 0 Å². The van der Waals surface area contributed by atoms with Crippen molar-refractivity contribution in [2.75, 3.05) is 6.61 Å². The van der Waals surface area contributed by atoms with Crippen LogP contribution < -0.4 is 0 Å². The first-order chi connectivity index (χ1) is 3.12. The number of hydrogen-bond acceptors (Lipinski definition) is 2. The summed E-state index contributed by atoms with van der Waals surface area (Å²) in [6, 6.07) is 0. The normalized spacial score (nSPS) is 17.4. The van der Waals surface area contributed by atoms with Crippen molar-refractivity contribution >= 4 is 0 Å². The van der Waals surface area contributed by atoms with Crippen LogP contribution in [0.2, 0.25) is 0 Å². The molecule has 2 nitrogen and oxygen atoms in total. The Morgan fingerprint density at radius 2 is 2.29 bits per heavy atom. The van der Waals surface area contributed by atoms with Crippen molar-refractivity contribution in [3.8, 4) is 12.3 Å². The standard InChI is InChI=1S/C5H8O2/c1-3-5(2,7)4-6/h1,6-7H,4H2,2H3/t5-/m0/s1. The Balaban J connectivity index is 3.66. The summed E-state index contributed by atoms with van der Waals surface area (Å²) in [5, 5.41) is 16.8. The molecule has 0 aromatic carbocycles. The maximum Gasteiger partial charge on any atom is 0.145 e. The summed E-state index contributed by atoms with van der Waals surface area (Å²) >= 11 is 0. The van der Waals surface area contributed by atoms with Crippen LogP contribution in [-0.2, 0) is 0 Å². The molecule has 2 N–H and O–H groups in total. The van der Waals surface area contributed by atoms with Crippen molar-refractivity contribution in [1.82, 2.24) is 0 Å². The van der Waals surface area contributed by atoms with Crippen LogP contribution in [0.5, 0.6) is 0 Å². The zero-order chi connectivity index (χ0) is 5.91. The highest BCUT2D eigenvalue weighted by atomic mass is 16.3. The number of aliphatic hydroxyl groups is 2. The van der Waals surface area contributed by atoms with E-state index in [9.17, 15) is 0 Å². The van der Waals surface area contributed by atoms with Gasteiger partial charge in [0.25, 0.3) is 0 Å². The minimum Gasteiger partial charge on any atom is -0.392 e. The summed E-state index contributed by atoms with van der Waals surface area (Å²) in [5.41, 5.74) is -1.33. The van der Waals surface area contributed by atoms with Crippen LogP contribution in [-0.4, -0.2) is 22.4 Å². The van der Waals surface area contributed by atoms with Crippen LogP contribution in [0.15, 0.2) is 0 Å². The van der Waals surface area contributed by atoms with Gasteiger partial charge in [0.15, 0.2) is 0 Å². The largest absolute Gasteiger partial charge is 0.392 e. The van der Waals surface area contributed by atoms with Crippen molar-refractivity contribution in [3.05, 3.63) is 0 Å². The van der Waals surface area contributed by atoms with Gasteiger partial charge in [-0.2, -0.15) is 0 Å². The van der Waals surface area contributed by atoms with E-state index >= 15 is 0 Å². The van der Waals surface area contributed by atoms with Gasteiger partial charge in [-0.15, -0.1) is 6.42 Å². The third-order valence-electron chi connectivity index (χ3n) is 0.619. The van der Waals surface area contributed by atoms with Gasteiger partial charge in [0, 0.05) is 0 Å². The van der Waals surface area contributed by atoms with Gasteiger partial charge >= 0.3 is 0 Å². The van der Waals surface area contributed by atoms with Gasteiger partial charge in [-0.05, 0) is 6.92 Å². The van der Waals surface area contributed by atoms with Gasteiger partial charge < -0.3 is 10.2 Å². The molecule has 0 aliphatic rings. The molecule has 0 spiro atoms. The van der Waals surface area contributed by atoms with Crippen LogP contribution in [0.3, 0.4) is 0 Å². The Bertz CT molecular complexity index is 88.7. The van der Waals surface area contributed by atoms with Crippen LogP contribution in [0.1, 0.15) is 6.92 Å². The number of hydrogen-bond donors (Lipinski definition) is 2. The van der Waals surface area contributed by atoms with Crippen molar-refractivity contribution in [3.63, 3.8) is 0 Å². The van der Waals surface area contributed by atoms with Gasteiger partial charge in [0.1, 0.15) is 5.60 Å². The van der Waals surface area contributed by atoms with Crippen LogP contribution in [0.25, 0.3) is 0 Å². The fourth-order valence-corrected chi connectivity index (χ4v) is 0.0456. The van der Waals surface area contributed by atoms with Crippen molar-refractivity contribution in [2.24, 2.45) is 0 Å². The molecule has 0 saturated heterocycles. The molecule has 0 bridgehead atoms. The van der Waals surface area contributed by atoms with Crippen LogP contribution in [0, 0.1) is 12.3 Å². The molecule has 40 valence electrons. The summed E-state index contributed by atoms with van der Waals surface area (Å²) in [6.07, 6.45) is 4.76. The fourth-order valence-electron chi connectivity index (χ4n) is 0.0456. The highest BCUT2D eigenvalue weighted by Gasteiger charge is 2.12. The molecule has 0 amide bonds. The lowest BCUT2D eigenvalue weighted by molar-refractivity contribution is 0.0520. The van der Waals surface area contributed by atoms with E-state index in [-0.39, 0.29) is 6.61 Å². The molecule has 0 aromatic heterocycles. The molecule has 0 aromatic rings. The van der Waals surface area contributed by atoms with Gasteiger partial charge in [-0.1, -0.05) is 5.92 Å². The molecule has 0 radical (unpaired) electrons. The monoisotopic (exact) mass is 100 g/mol. The molecule has 0 aliphatic carbocycles. The summed E-state index contributed by atoms with van der Waals surface area (Å²) in [5.74, 6) is 2.00. The van der Waals surface area contributed by atoms with Gasteiger partial charge in [-0.25, -0.2) is 0 Å². The zero-order valence-corrected chi connectivity index (χ0v) is 4.18. The Morgan fingerprint density at radius 3 is 2.29 bits per heavy atom. The first-order valence-corrected chi connectivity index (χ1v) is 1.93. The molecule has 0 saturated carbocycles. The quantitative estimate of drug-likeness (QED) is 0.430. The third-order valence-corrected chi connectivity index (χ3v) is 0.619. The first-order valence-electron chi connectivity index (χ1n) is 1.93. The second kappa shape index (κ2) is 1.97. The molecule has 7 heavy (non-hydrogen) atoms. The Labute approximate surface area is 42.8 Å². The predicted molar refractivity (Wildman–Crippen MR) is 26.5 cm³/mol. The number of aliphatic hydroxyl groups excluding tert-OH is 1. The van der Waals surface area contributed by atoms with E-state index in [1.54, 1.807) is 0 Å². The third kappa shape index (κ3) is 2.21. The Hall–Kier alpha value is -0.520. The fraction of sp³-hybridized carbons (Fsp3) is 0.600. The predicted octanol–water partition coefficient (Wildman–Crippen LogP) is -0.637. The summed E-state index contributed by atoms with van der Waals surface area (Å²) in [4.78, 5) is 0. The molecule has 2 heteroatoms. The highest BCUT2D eigenvalue weighted by Crippen LogP contribution is 1.95. The van der Waals surface area contributed by atoms with E-state index in [1.807, 2.05) is 5.92 Å². The average molecular weight is 100 g/mol. The molecule has 0 fully saturated rings. The SMILES string of the molecule is C#C[C@](C)(O)CO. The lowest BCUT2D eigenvalue weighted by Gasteiger charge is -2.09.